The fourth-order valence-electron chi connectivity index (χ4n) is 0.567. The molecule has 1 aromatic rings. The van der Waals surface area contributed by atoms with Crippen LogP contribution in [0.25, 0.3) is 0 Å². The van der Waals surface area contributed by atoms with Gasteiger partial charge in [-0.05, 0) is 5.56 Å². The number of aliphatic hydroxyl groups is 1. The van der Waals surface area contributed by atoms with E-state index in [1.807, 2.05) is 32.0 Å². The SMILES string of the molecule is BrCc1ccccc1.CC.CC#N.CO. The van der Waals surface area contributed by atoms with Crippen LogP contribution >= 0.6 is 15.9 Å². The lowest BCUT2D eigenvalue weighted by atomic mass is 10.2. The number of alkyl halides is 1. The van der Waals surface area contributed by atoms with E-state index >= 15 is 0 Å². The molecule has 0 aliphatic carbocycles. The van der Waals surface area contributed by atoms with Crippen molar-refractivity contribution in [3.8, 4) is 6.07 Å². The molecule has 1 rings (SSSR count). The van der Waals surface area contributed by atoms with Crippen molar-refractivity contribution in [1.82, 2.24) is 0 Å². The molecule has 0 fully saturated rings. The average molecular weight is 274 g/mol. The van der Waals surface area contributed by atoms with E-state index in [1.54, 1.807) is 6.07 Å². The highest BCUT2D eigenvalue weighted by molar-refractivity contribution is 9.08. The summed E-state index contributed by atoms with van der Waals surface area (Å²) in [6, 6.07) is 12.0. The van der Waals surface area contributed by atoms with E-state index < -0.39 is 0 Å². The van der Waals surface area contributed by atoms with Gasteiger partial charge in [0.2, 0.25) is 0 Å². The summed E-state index contributed by atoms with van der Waals surface area (Å²) in [4.78, 5) is 0. The molecule has 1 aromatic carbocycles. The minimum atomic E-state index is 0.952. The fraction of sp³-hybridized carbons (Fsp3) is 0.417. The Balaban J connectivity index is -0.000000176. The molecule has 86 valence electrons. The first-order chi connectivity index (χ1) is 7.35. The third kappa shape index (κ3) is 19.5. The maximum absolute atomic E-state index is 7.32. The van der Waals surface area contributed by atoms with Gasteiger partial charge in [-0.3, -0.25) is 0 Å². The standard InChI is InChI=1S/C7H7Br.C2H3N.C2H6.CH4O/c8-6-7-4-2-1-3-5-7;1-2-3;2*1-2/h1-5H,6H2;1H3;1-2H3;2H,1H3. The molecule has 0 bridgehead atoms. The third-order valence-electron chi connectivity index (χ3n) is 0.997. The normalized spacial score (nSPS) is 6.20. The first-order valence-electron chi connectivity index (χ1n) is 4.70. The number of rotatable bonds is 1. The second kappa shape index (κ2) is 23.2. The molecule has 15 heavy (non-hydrogen) atoms. The summed E-state index contributed by atoms with van der Waals surface area (Å²) in [7, 11) is 1.00. The van der Waals surface area contributed by atoms with Crippen molar-refractivity contribution in [2.24, 2.45) is 0 Å². The predicted octanol–water partition coefficient (Wildman–Crippen LogP) is 3.75. The molecule has 1 N–H and O–H groups in total. The molecule has 0 aliphatic heterocycles. The second-order valence-electron chi connectivity index (χ2n) is 1.84. The number of aliphatic hydroxyl groups excluding tert-OH is 1. The fourth-order valence-corrected chi connectivity index (χ4v) is 0.941. The van der Waals surface area contributed by atoms with E-state index in [9.17, 15) is 0 Å². The Morgan fingerprint density at radius 3 is 1.73 bits per heavy atom. The van der Waals surface area contributed by atoms with Crippen molar-refractivity contribution in [1.29, 1.82) is 5.26 Å². The van der Waals surface area contributed by atoms with Crippen LogP contribution in [0.2, 0.25) is 0 Å². The van der Waals surface area contributed by atoms with Crippen molar-refractivity contribution >= 4 is 15.9 Å². The first-order valence-corrected chi connectivity index (χ1v) is 5.82. The Hall–Kier alpha value is -0.850. The van der Waals surface area contributed by atoms with Gasteiger partial charge < -0.3 is 5.11 Å². The van der Waals surface area contributed by atoms with Gasteiger partial charge in [0.25, 0.3) is 0 Å². The molecule has 2 nitrogen and oxygen atoms in total. The van der Waals surface area contributed by atoms with Crippen LogP contribution in [0.3, 0.4) is 0 Å². The molecular formula is C12H20BrNO. The van der Waals surface area contributed by atoms with Gasteiger partial charge in [0.1, 0.15) is 0 Å². The smallest absolute Gasteiger partial charge is 0.0587 e. The van der Waals surface area contributed by atoms with Crippen LogP contribution in [-0.4, -0.2) is 12.2 Å². The van der Waals surface area contributed by atoms with Crippen molar-refractivity contribution in [2.45, 2.75) is 26.1 Å². The average Bonchev–Trinajstić information content (AvgIpc) is 2.36. The lowest BCUT2D eigenvalue weighted by molar-refractivity contribution is 0.399. The van der Waals surface area contributed by atoms with Crippen LogP contribution in [0.5, 0.6) is 0 Å². The molecule has 0 heterocycles. The molecule has 3 heteroatoms. The number of nitrogens with zero attached hydrogens (tertiary/aromatic N) is 1. The van der Waals surface area contributed by atoms with Crippen LogP contribution in [0, 0.1) is 11.3 Å². The zero-order valence-corrected chi connectivity index (χ0v) is 11.5. The van der Waals surface area contributed by atoms with Crippen LogP contribution in [-0.2, 0) is 5.33 Å². The topological polar surface area (TPSA) is 44.0 Å². The van der Waals surface area contributed by atoms with E-state index in [-0.39, 0.29) is 0 Å². The quantitative estimate of drug-likeness (QED) is 0.793. The highest BCUT2D eigenvalue weighted by Gasteiger charge is 1.81. The van der Waals surface area contributed by atoms with Gasteiger partial charge >= 0.3 is 0 Å². The van der Waals surface area contributed by atoms with Gasteiger partial charge in [-0.25, -0.2) is 0 Å². The highest BCUT2D eigenvalue weighted by atomic mass is 79.9. The van der Waals surface area contributed by atoms with Crippen molar-refractivity contribution < 1.29 is 5.11 Å². The van der Waals surface area contributed by atoms with Gasteiger partial charge in [0, 0.05) is 19.4 Å². The highest BCUT2D eigenvalue weighted by Crippen LogP contribution is 2.02. The zero-order chi connectivity index (χ0) is 12.5. The summed E-state index contributed by atoms with van der Waals surface area (Å²) >= 11 is 3.36. The number of halogens is 1. The predicted molar refractivity (Wildman–Crippen MR) is 69.9 cm³/mol. The summed E-state index contributed by atoms with van der Waals surface area (Å²) in [5, 5.41) is 15.3. The summed E-state index contributed by atoms with van der Waals surface area (Å²) < 4.78 is 0. The molecule has 0 saturated heterocycles. The molecule has 0 aromatic heterocycles. The van der Waals surface area contributed by atoms with Crippen LogP contribution in [0.4, 0.5) is 0 Å². The molecule has 0 amide bonds. The lowest BCUT2D eigenvalue weighted by Gasteiger charge is -1.88. The Kier molecular flexibility index (Phi) is 30.4. The molecule has 0 atom stereocenters. The number of benzene rings is 1. The maximum atomic E-state index is 7.32. The summed E-state index contributed by atoms with van der Waals surface area (Å²) in [5.41, 5.74) is 1.33. The van der Waals surface area contributed by atoms with Gasteiger partial charge in [-0.2, -0.15) is 5.26 Å². The van der Waals surface area contributed by atoms with Gasteiger partial charge in [0.15, 0.2) is 0 Å². The Morgan fingerprint density at radius 1 is 1.20 bits per heavy atom. The van der Waals surface area contributed by atoms with E-state index in [1.165, 1.54) is 12.5 Å². The Morgan fingerprint density at radius 2 is 1.53 bits per heavy atom. The molecule has 0 aliphatic rings. The lowest BCUT2D eigenvalue weighted by Crippen LogP contribution is -1.70. The van der Waals surface area contributed by atoms with Crippen LogP contribution < -0.4 is 0 Å². The maximum Gasteiger partial charge on any atom is 0.0587 e. The van der Waals surface area contributed by atoms with E-state index in [4.69, 9.17) is 10.4 Å². The monoisotopic (exact) mass is 273 g/mol. The summed E-state index contributed by atoms with van der Waals surface area (Å²) in [6.07, 6.45) is 0. The number of nitriles is 1. The molecule has 0 radical (unpaired) electrons. The van der Waals surface area contributed by atoms with Crippen molar-refractivity contribution in [3.05, 3.63) is 35.9 Å². The summed E-state index contributed by atoms with van der Waals surface area (Å²) in [6.45, 7) is 5.43. The Labute approximate surface area is 102 Å². The second-order valence-corrected chi connectivity index (χ2v) is 2.40. The van der Waals surface area contributed by atoms with E-state index in [0.29, 0.717) is 0 Å². The number of hydrogen-bond acceptors (Lipinski definition) is 2. The van der Waals surface area contributed by atoms with Gasteiger partial charge in [-0.1, -0.05) is 60.1 Å². The Bertz CT molecular complexity index is 219. The van der Waals surface area contributed by atoms with Gasteiger partial charge in [-0.15, -0.1) is 0 Å². The minimum Gasteiger partial charge on any atom is -0.400 e. The first kappa shape index (κ1) is 19.7. The zero-order valence-electron chi connectivity index (χ0n) is 9.87. The molecule has 0 spiro atoms. The van der Waals surface area contributed by atoms with Crippen LogP contribution in [0.15, 0.2) is 30.3 Å². The molecular weight excluding hydrogens is 254 g/mol. The van der Waals surface area contributed by atoms with Crippen molar-refractivity contribution in [3.63, 3.8) is 0 Å². The number of hydrogen-bond donors (Lipinski definition) is 1. The minimum absolute atomic E-state index is 0.952. The van der Waals surface area contributed by atoms with E-state index in [2.05, 4.69) is 28.1 Å². The molecule has 0 saturated carbocycles. The van der Waals surface area contributed by atoms with Gasteiger partial charge in [0.05, 0.1) is 6.07 Å². The summed E-state index contributed by atoms with van der Waals surface area (Å²) in [5.74, 6) is 0. The van der Waals surface area contributed by atoms with Crippen molar-refractivity contribution in [2.75, 3.05) is 7.11 Å². The third-order valence-corrected chi connectivity index (χ3v) is 1.64. The van der Waals surface area contributed by atoms with Crippen LogP contribution in [0.1, 0.15) is 26.3 Å². The largest absolute Gasteiger partial charge is 0.400 e. The van der Waals surface area contributed by atoms with E-state index in [0.717, 1.165) is 12.4 Å². The molecule has 0 unspecified atom stereocenters.